The smallest absolute Gasteiger partial charge is 0.173 e. The number of nitrogens with one attached hydrogen (secondary N) is 1. The summed E-state index contributed by atoms with van der Waals surface area (Å²) in [6, 6.07) is 0.0463. The van der Waals surface area contributed by atoms with E-state index in [1.165, 1.54) is 0 Å². The lowest BCUT2D eigenvalue weighted by atomic mass is 9.99. The van der Waals surface area contributed by atoms with Crippen molar-refractivity contribution in [3.8, 4) is 0 Å². The average Bonchev–Trinajstić information content (AvgIpc) is 2.12. The summed E-state index contributed by atoms with van der Waals surface area (Å²) in [4.78, 5) is 0. The molecule has 0 radical (unpaired) electrons. The molecule has 0 saturated heterocycles. The Bertz CT molecular complexity index is 107. The van der Waals surface area contributed by atoms with Crippen LogP contribution in [0.3, 0.4) is 0 Å². The SMILES string of the molecule is CCC(C)C(NN)C(OC)OC. The van der Waals surface area contributed by atoms with E-state index in [-0.39, 0.29) is 12.3 Å². The maximum Gasteiger partial charge on any atom is 0.173 e. The molecule has 0 aliphatic rings. The van der Waals surface area contributed by atoms with Crippen molar-refractivity contribution in [1.82, 2.24) is 5.43 Å². The van der Waals surface area contributed by atoms with E-state index in [9.17, 15) is 0 Å². The van der Waals surface area contributed by atoms with Gasteiger partial charge in [-0.3, -0.25) is 11.3 Å². The number of nitrogens with two attached hydrogens (primary N) is 1. The van der Waals surface area contributed by atoms with Crippen LogP contribution in [0.1, 0.15) is 20.3 Å². The van der Waals surface area contributed by atoms with Gasteiger partial charge in [0, 0.05) is 14.2 Å². The highest BCUT2D eigenvalue weighted by Gasteiger charge is 2.24. The molecular formula is C8H20N2O2. The van der Waals surface area contributed by atoms with E-state index in [0.29, 0.717) is 5.92 Å². The van der Waals surface area contributed by atoms with Gasteiger partial charge < -0.3 is 9.47 Å². The molecule has 0 aliphatic heterocycles. The summed E-state index contributed by atoms with van der Waals surface area (Å²) in [7, 11) is 3.22. The quantitative estimate of drug-likeness (QED) is 0.351. The van der Waals surface area contributed by atoms with Crippen LogP contribution in [0.4, 0.5) is 0 Å². The van der Waals surface area contributed by atoms with Crippen molar-refractivity contribution in [3.05, 3.63) is 0 Å². The first-order valence-electron chi connectivity index (χ1n) is 4.22. The van der Waals surface area contributed by atoms with Crippen molar-refractivity contribution in [2.24, 2.45) is 11.8 Å². The number of hydrazine groups is 1. The van der Waals surface area contributed by atoms with Gasteiger partial charge in [-0.15, -0.1) is 0 Å². The molecule has 0 aliphatic carbocycles. The highest BCUT2D eigenvalue weighted by Crippen LogP contribution is 2.12. The number of methoxy groups -OCH3 is 2. The van der Waals surface area contributed by atoms with E-state index in [4.69, 9.17) is 15.3 Å². The Hall–Kier alpha value is -0.160. The van der Waals surface area contributed by atoms with Gasteiger partial charge in [-0.25, -0.2) is 0 Å². The molecule has 0 spiro atoms. The Balaban J connectivity index is 4.09. The van der Waals surface area contributed by atoms with Gasteiger partial charge in [0.1, 0.15) is 0 Å². The fourth-order valence-electron chi connectivity index (χ4n) is 1.15. The molecule has 4 heteroatoms. The third-order valence-electron chi connectivity index (χ3n) is 2.21. The van der Waals surface area contributed by atoms with Crippen molar-refractivity contribution in [2.75, 3.05) is 14.2 Å². The minimum atomic E-state index is -0.273. The van der Waals surface area contributed by atoms with Gasteiger partial charge >= 0.3 is 0 Å². The second-order valence-corrected chi connectivity index (χ2v) is 2.92. The Kier molecular flexibility index (Phi) is 6.28. The molecule has 0 heterocycles. The van der Waals surface area contributed by atoms with Crippen LogP contribution in [0, 0.1) is 5.92 Å². The second kappa shape index (κ2) is 6.37. The van der Waals surface area contributed by atoms with Crippen LogP contribution >= 0.6 is 0 Å². The van der Waals surface area contributed by atoms with Gasteiger partial charge in [-0.05, 0) is 5.92 Å². The molecule has 0 fully saturated rings. The van der Waals surface area contributed by atoms with Crippen LogP contribution in [0.5, 0.6) is 0 Å². The van der Waals surface area contributed by atoms with Crippen molar-refractivity contribution in [3.63, 3.8) is 0 Å². The lowest BCUT2D eigenvalue weighted by Gasteiger charge is -2.28. The van der Waals surface area contributed by atoms with Gasteiger partial charge in [0.05, 0.1) is 6.04 Å². The lowest BCUT2D eigenvalue weighted by molar-refractivity contribution is -0.132. The topological polar surface area (TPSA) is 56.5 Å². The summed E-state index contributed by atoms with van der Waals surface area (Å²) in [5, 5.41) is 0. The maximum absolute atomic E-state index is 5.39. The van der Waals surface area contributed by atoms with Crippen LogP contribution in [0.15, 0.2) is 0 Å². The van der Waals surface area contributed by atoms with Crippen LogP contribution in [0.2, 0.25) is 0 Å². The molecule has 0 saturated carbocycles. The number of hydrogen-bond donors (Lipinski definition) is 2. The monoisotopic (exact) mass is 176 g/mol. The molecule has 12 heavy (non-hydrogen) atoms. The molecule has 0 rings (SSSR count). The highest BCUT2D eigenvalue weighted by atomic mass is 16.7. The van der Waals surface area contributed by atoms with E-state index in [2.05, 4.69) is 19.3 Å². The van der Waals surface area contributed by atoms with Gasteiger partial charge in [0.2, 0.25) is 0 Å². The second-order valence-electron chi connectivity index (χ2n) is 2.92. The van der Waals surface area contributed by atoms with Gasteiger partial charge in [0.25, 0.3) is 0 Å². The minimum absolute atomic E-state index is 0.0463. The summed E-state index contributed by atoms with van der Waals surface area (Å²) >= 11 is 0. The fraction of sp³-hybridized carbons (Fsp3) is 1.00. The van der Waals surface area contributed by atoms with E-state index in [0.717, 1.165) is 6.42 Å². The predicted octanol–water partition coefficient (Wildman–Crippen LogP) is 0.483. The summed E-state index contributed by atoms with van der Waals surface area (Å²) < 4.78 is 10.2. The summed E-state index contributed by atoms with van der Waals surface area (Å²) in [5.41, 5.74) is 2.70. The molecule has 0 amide bonds. The molecular weight excluding hydrogens is 156 g/mol. The molecule has 4 nitrogen and oxygen atoms in total. The number of rotatable bonds is 6. The van der Waals surface area contributed by atoms with Crippen LogP contribution in [-0.4, -0.2) is 26.6 Å². The molecule has 2 unspecified atom stereocenters. The predicted molar refractivity (Wildman–Crippen MR) is 48.4 cm³/mol. The Morgan fingerprint density at radius 3 is 2.08 bits per heavy atom. The summed E-state index contributed by atoms with van der Waals surface area (Å²) in [6.07, 6.45) is 0.767. The van der Waals surface area contributed by atoms with Gasteiger partial charge in [0.15, 0.2) is 6.29 Å². The molecule has 3 N–H and O–H groups in total. The van der Waals surface area contributed by atoms with Crippen molar-refractivity contribution in [1.29, 1.82) is 0 Å². The first-order valence-corrected chi connectivity index (χ1v) is 4.22. The molecule has 2 atom stereocenters. The van der Waals surface area contributed by atoms with Gasteiger partial charge in [-0.1, -0.05) is 20.3 Å². The van der Waals surface area contributed by atoms with Crippen molar-refractivity contribution < 1.29 is 9.47 Å². The van der Waals surface area contributed by atoms with E-state index >= 15 is 0 Å². The lowest BCUT2D eigenvalue weighted by Crippen LogP contribution is -2.49. The number of hydrogen-bond acceptors (Lipinski definition) is 4. The third kappa shape index (κ3) is 3.06. The van der Waals surface area contributed by atoms with Gasteiger partial charge in [-0.2, -0.15) is 0 Å². The standard InChI is InChI=1S/C8H20N2O2/c1-5-6(2)7(10-9)8(11-3)12-4/h6-8,10H,5,9H2,1-4H3. The zero-order valence-electron chi connectivity index (χ0n) is 8.33. The molecule has 74 valence electrons. The largest absolute Gasteiger partial charge is 0.354 e. The van der Waals surface area contributed by atoms with E-state index in [1.807, 2.05) is 0 Å². The normalized spacial score (nSPS) is 16.5. The van der Waals surface area contributed by atoms with Crippen LogP contribution < -0.4 is 11.3 Å². The van der Waals surface area contributed by atoms with Crippen LogP contribution in [0.25, 0.3) is 0 Å². The fourth-order valence-corrected chi connectivity index (χ4v) is 1.15. The first kappa shape index (κ1) is 11.8. The van der Waals surface area contributed by atoms with Crippen molar-refractivity contribution in [2.45, 2.75) is 32.6 Å². The van der Waals surface area contributed by atoms with E-state index in [1.54, 1.807) is 14.2 Å². The maximum atomic E-state index is 5.39. The van der Waals surface area contributed by atoms with Crippen molar-refractivity contribution >= 4 is 0 Å². The zero-order valence-corrected chi connectivity index (χ0v) is 8.33. The number of ether oxygens (including phenoxy) is 2. The third-order valence-corrected chi connectivity index (χ3v) is 2.21. The molecule has 0 aromatic rings. The average molecular weight is 176 g/mol. The summed E-state index contributed by atoms with van der Waals surface area (Å²) in [6.45, 7) is 4.22. The van der Waals surface area contributed by atoms with Crippen LogP contribution in [-0.2, 0) is 9.47 Å². The molecule has 0 aromatic heterocycles. The molecule has 0 bridgehead atoms. The summed E-state index contributed by atoms with van der Waals surface area (Å²) in [5.74, 6) is 5.82. The Morgan fingerprint density at radius 1 is 1.33 bits per heavy atom. The first-order chi connectivity index (χ1) is 5.71. The highest BCUT2D eigenvalue weighted by molar-refractivity contribution is 4.73. The zero-order chi connectivity index (χ0) is 9.56. The minimum Gasteiger partial charge on any atom is -0.354 e. The Labute approximate surface area is 74.4 Å². The Morgan fingerprint density at radius 2 is 1.83 bits per heavy atom. The molecule has 0 aromatic carbocycles. The van der Waals surface area contributed by atoms with E-state index < -0.39 is 0 Å².